The molecule has 0 radical (unpaired) electrons. The second-order valence-corrected chi connectivity index (χ2v) is 7.94. The second-order valence-electron chi connectivity index (χ2n) is 7.94. The Bertz CT molecular complexity index is 1050. The number of aromatic amines is 1. The Morgan fingerprint density at radius 1 is 0.857 bits per heavy atom. The van der Waals surface area contributed by atoms with Crippen molar-refractivity contribution in [2.45, 2.75) is 38.0 Å². The smallest absolute Gasteiger partial charge is 0.107 e. The van der Waals surface area contributed by atoms with Gasteiger partial charge in [0.2, 0.25) is 0 Å². The molecule has 1 N–H and O–H groups in total. The van der Waals surface area contributed by atoms with Crippen molar-refractivity contribution in [3.63, 3.8) is 0 Å². The topological polar surface area (TPSA) is 41.6 Å². The molecule has 0 spiro atoms. The highest BCUT2D eigenvalue weighted by atomic mass is 14.9. The predicted octanol–water partition coefficient (Wildman–Crippen LogP) is 6.14. The van der Waals surface area contributed by atoms with Crippen LogP contribution in [0.3, 0.4) is 0 Å². The molecular formula is C25H25N3. The maximum absolute atomic E-state index is 4.83. The lowest BCUT2D eigenvalue weighted by Crippen LogP contribution is -2.16. The van der Waals surface area contributed by atoms with Gasteiger partial charge in [0.25, 0.3) is 0 Å². The zero-order valence-corrected chi connectivity index (χ0v) is 16.0. The molecule has 28 heavy (non-hydrogen) atoms. The van der Waals surface area contributed by atoms with E-state index < -0.39 is 0 Å². The standard InChI is InChI=1S/C25H25N3/c1-2-6-20(7-3-1)24-17-27-25(28-24)16-18-10-12-19(13-11-18)21-14-15-26-23-9-5-4-8-22(21)23/h1-9,14-15,17-19H,10-13,16H2,(H,27,28)/t18-,19-. The van der Waals surface area contributed by atoms with Gasteiger partial charge in [0, 0.05) is 29.8 Å². The molecule has 0 unspecified atom stereocenters. The Kier molecular flexibility index (Phi) is 4.66. The number of benzene rings is 2. The maximum atomic E-state index is 4.83. The predicted molar refractivity (Wildman–Crippen MR) is 114 cm³/mol. The van der Waals surface area contributed by atoms with Gasteiger partial charge in [-0.1, -0.05) is 48.5 Å². The van der Waals surface area contributed by atoms with Crippen LogP contribution in [0.25, 0.3) is 22.2 Å². The lowest BCUT2D eigenvalue weighted by atomic mass is 9.77. The minimum Gasteiger partial charge on any atom is -0.348 e. The summed E-state index contributed by atoms with van der Waals surface area (Å²) < 4.78 is 0. The van der Waals surface area contributed by atoms with Crippen molar-refractivity contribution >= 4 is 10.9 Å². The zero-order chi connectivity index (χ0) is 18.8. The second kappa shape index (κ2) is 7.59. The van der Waals surface area contributed by atoms with Crippen LogP contribution in [-0.2, 0) is 6.42 Å². The van der Waals surface area contributed by atoms with E-state index >= 15 is 0 Å². The van der Waals surface area contributed by atoms with Crippen molar-refractivity contribution in [2.75, 3.05) is 0 Å². The Hall–Kier alpha value is -2.94. The average Bonchev–Trinajstić information content (AvgIpc) is 3.23. The molecule has 1 aliphatic carbocycles. The quantitative estimate of drug-likeness (QED) is 0.470. The highest BCUT2D eigenvalue weighted by Crippen LogP contribution is 2.39. The fourth-order valence-electron chi connectivity index (χ4n) is 4.65. The normalized spacial score (nSPS) is 19.7. The van der Waals surface area contributed by atoms with Gasteiger partial charge in [-0.2, -0.15) is 0 Å². The van der Waals surface area contributed by atoms with Crippen LogP contribution >= 0.6 is 0 Å². The van der Waals surface area contributed by atoms with Crippen LogP contribution in [0.2, 0.25) is 0 Å². The molecule has 140 valence electrons. The first-order valence-electron chi connectivity index (χ1n) is 10.3. The number of nitrogens with zero attached hydrogens (tertiary/aromatic N) is 2. The lowest BCUT2D eigenvalue weighted by Gasteiger charge is -2.29. The van der Waals surface area contributed by atoms with Gasteiger partial charge < -0.3 is 4.98 Å². The fourth-order valence-corrected chi connectivity index (χ4v) is 4.65. The molecule has 2 heterocycles. The first-order valence-corrected chi connectivity index (χ1v) is 10.3. The SMILES string of the molecule is c1ccc(-c2c[nH]c(C[C@H]3CC[C@H](c4ccnc5ccccc54)CC3)n2)cc1. The summed E-state index contributed by atoms with van der Waals surface area (Å²) in [6.07, 6.45) is 10.1. The van der Waals surface area contributed by atoms with Crippen molar-refractivity contribution in [3.8, 4) is 11.3 Å². The third-order valence-corrected chi connectivity index (χ3v) is 6.15. The van der Waals surface area contributed by atoms with Crippen LogP contribution in [0, 0.1) is 5.92 Å². The summed E-state index contributed by atoms with van der Waals surface area (Å²) in [5.74, 6) is 2.50. The monoisotopic (exact) mass is 367 g/mol. The summed E-state index contributed by atoms with van der Waals surface area (Å²) in [6, 6.07) is 21.2. The lowest BCUT2D eigenvalue weighted by molar-refractivity contribution is 0.322. The number of H-pyrrole nitrogens is 1. The largest absolute Gasteiger partial charge is 0.348 e. The molecule has 5 rings (SSSR count). The highest BCUT2D eigenvalue weighted by Gasteiger charge is 2.24. The van der Waals surface area contributed by atoms with Gasteiger partial charge in [-0.15, -0.1) is 0 Å². The summed E-state index contributed by atoms with van der Waals surface area (Å²) in [7, 11) is 0. The summed E-state index contributed by atoms with van der Waals surface area (Å²) in [4.78, 5) is 12.8. The van der Waals surface area contributed by atoms with E-state index in [9.17, 15) is 0 Å². The number of nitrogens with one attached hydrogen (secondary N) is 1. The van der Waals surface area contributed by atoms with Gasteiger partial charge in [-0.25, -0.2) is 4.98 Å². The molecule has 0 saturated heterocycles. The van der Waals surface area contributed by atoms with E-state index in [0.29, 0.717) is 5.92 Å². The van der Waals surface area contributed by atoms with Crippen LogP contribution in [0.5, 0.6) is 0 Å². The molecule has 2 aromatic carbocycles. The molecular weight excluding hydrogens is 342 g/mol. The molecule has 1 saturated carbocycles. The summed E-state index contributed by atoms with van der Waals surface area (Å²) >= 11 is 0. The summed E-state index contributed by atoms with van der Waals surface area (Å²) in [5.41, 5.74) is 4.82. The fraction of sp³-hybridized carbons (Fsp3) is 0.280. The van der Waals surface area contributed by atoms with Gasteiger partial charge in [0.15, 0.2) is 0 Å². The van der Waals surface area contributed by atoms with Crippen LogP contribution in [-0.4, -0.2) is 15.0 Å². The number of aromatic nitrogens is 3. The third-order valence-electron chi connectivity index (χ3n) is 6.15. The van der Waals surface area contributed by atoms with Crippen molar-refractivity contribution in [2.24, 2.45) is 5.92 Å². The van der Waals surface area contributed by atoms with Gasteiger partial charge in [-0.05, 0) is 55.2 Å². The summed E-state index contributed by atoms with van der Waals surface area (Å²) in [5, 5.41) is 1.33. The molecule has 0 aliphatic heterocycles. The molecule has 2 aromatic heterocycles. The van der Waals surface area contributed by atoms with Gasteiger partial charge >= 0.3 is 0 Å². The van der Waals surface area contributed by atoms with Crippen LogP contribution in [0.4, 0.5) is 0 Å². The molecule has 0 amide bonds. The minimum absolute atomic E-state index is 0.653. The van der Waals surface area contributed by atoms with Crippen molar-refractivity contribution in [1.82, 2.24) is 15.0 Å². The molecule has 1 fully saturated rings. The number of hydrogen-bond donors (Lipinski definition) is 1. The number of hydrogen-bond acceptors (Lipinski definition) is 2. The third kappa shape index (κ3) is 3.45. The van der Waals surface area contributed by atoms with E-state index in [1.807, 2.05) is 18.5 Å². The molecule has 0 bridgehead atoms. The van der Waals surface area contributed by atoms with Crippen molar-refractivity contribution in [1.29, 1.82) is 0 Å². The van der Waals surface area contributed by atoms with Gasteiger partial charge in [0.1, 0.15) is 5.82 Å². The van der Waals surface area contributed by atoms with Crippen LogP contribution in [0.15, 0.2) is 73.1 Å². The Morgan fingerprint density at radius 3 is 2.50 bits per heavy atom. The number of rotatable bonds is 4. The van der Waals surface area contributed by atoms with E-state index in [-0.39, 0.29) is 0 Å². The Morgan fingerprint density at radius 2 is 1.64 bits per heavy atom. The molecule has 4 aromatic rings. The first-order chi connectivity index (χ1) is 13.9. The van der Waals surface area contributed by atoms with E-state index in [1.54, 1.807) is 0 Å². The average molecular weight is 367 g/mol. The molecule has 0 atom stereocenters. The maximum Gasteiger partial charge on any atom is 0.107 e. The van der Waals surface area contributed by atoms with Crippen LogP contribution < -0.4 is 0 Å². The molecule has 1 aliphatic rings. The number of fused-ring (bicyclic) bond motifs is 1. The van der Waals surface area contributed by atoms with E-state index in [4.69, 9.17) is 4.98 Å². The van der Waals surface area contributed by atoms with E-state index in [2.05, 4.69) is 64.6 Å². The number of pyridine rings is 1. The number of imidazole rings is 1. The molecule has 3 heteroatoms. The van der Waals surface area contributed by atoms with Crippen molar-refractivity contribution < 1.29 is 0 Å². The first kappa shape index (κ1) is 17.2. The highest BCUT2D eigenvalue weighted by molar-refractivity contribution is 5.82. The van der Waals surface area contributed by atoms with Crippen molar-refractivity contribution in [3.05, 3.63) is 84.4 Å². The minimum atomic E-state index is 0.653. The zero-order valence-electron chi connectivity index (χ0n) is 16.0. The van der Waals surface area contributed by atoms with Crippen LogP contribution in [0.1, 0.15) is 43.0 Å². The molecule has 3 nitrogen and oxygen atoms in total. The Labute approximate surface area is 165 Å². The van der Waals surface area contributed by atoms with E-state index in [0.717, 1.165) is 29.4 Å². The number of para-hydroxylation sites is 1. The Balaban J connectivity index is 1.25. The summed E-state index contributed by atoms with van der Waals surface area (Å²) in [6.45, 7) is 0. The van der Waals surface area contributed by atoms with Gasteiger partial charge in [0.05, 0.1) is 11.2 Å². The van der Waals surface area contributed by atoms with E-state index in [1.165, 1.54) is 42.2 Å². The van der Waals surface area contributed by atoms with Gasteiger partial charge in [-0.3, -0.25) is 4.98 Å².